The highest BCUT2D eigenvalue weighted by Crippen LogP contribution is 2.33. The predicted octanol–water partition coefficient (Wildman–Crippen LogP) is 3.31. The van der Waals surface area contributed by atoms with E-state index in [1.807, 2.05) is 12.3 Å². The van der Waals surface area contributed by atoms with Crippen LogP contribution in [-0.4, -0.2) is 17.1 Å². The van der Waals surface area contributed by atoms with Gasteiger partial charge in [-0.05, 0) is 25.0 Å². The summed E-state index contributed by atoms with van der Waals surface area (Å²) in [6.07, 6.45) is 8.08. The van der Waals surface area contributed by atoms with E-state index in [1.54, 1.807) is 0 Å². The molecule has 0 aliphatic heterocycles. The summed E-state index contributed by atoms with van der Waals surface area (Å²) in [7, 11) is 0. The van der Waals surface area contributed by atoms with E-state index in [9.17, 15) is 0 Å². The van der Waals surface area contributed by atoms with Crippen molar-refractivity contribution in [3.05, 3.63) is 36.5 Å². The number of pyridine rings is 1. The lowest BCUT2D eigenvalue weighted by Crippen LogP contribution is -2.47. The van der Waals surface area contributed by atoms with Crippen LogP contribution in [0.1, 0.15) is 32.1 Å². The van der Waals surface area contributed by atoms with Gasteiger partial charge in [-0.2, -0.15) is 0 Å². The second-order valence-corrected chi connectivity index (χ2v) is 5.55. The number of nitrogens with two attached hydrogens (primary N) is 1. The predicted molar refractivity (Wildman–Crippen MR) is 80.2 cm³/mol. The number of aromatic nitrogens is 1. The topological polar surface area (TPSA) is 50.9 Å². The molecule has 19 heavy (non-hydrogen) atoms. The highest BCUT2D eigenvalue weighted by atomic mass is 15.0. The van der Waals surface area contributed by atoms with Gasteiger partial charge in [0, 0.05) is 29.4 Å². The van der Waals surface area contributed by atoms with Crippen LogP contribution in [-0.2, 0) is 0 Å². The average molecular weight is 255 g/mol. The Morgan fingerprint density at radius 1 is 1.11 bits per heavy atom. The van der Waals surface area contributed by atoms with Crippen molar-refractivity contribution >= 4 is 16.6 Å². The standard InChI is InChI=1S/C16H21N3/c17-12-16(9-4-1-5-10-16)19-15-8-11-18-14-7-3-2-6-13(14)15/h2-3,6-8,11H,1,4-5,9-10,12,17H2,(H,18,19). The summed E-state index contributed by atoms with van der Waals surface area (Å²) in [5.41, 5.74) is 8.33. The van der Waals surface area contributed by atoms with E-state index < -0.39 is 0 Å². The lowest BCUT2D eigenvalue weighted by molar-refractivity contribution is 0.331. The zero-order valence-electron chi connectivity index (χ0n) is 11.2. The van der Waals surface area contributed by atoms with Crippen molar-refractivity contribution in [2.75, 3.05) is 11.9 Å². The first-order valence-electron chi connectivity index (χ1n) is 7.15. The summed E-state index contributed by atoms with van der Waals surface area (Å²) in [5, 5.41) is 4.91. The van der Waals surface area contributed by atoms with E-state index in [0.717, 1.165) is 11.2 Å². The number of nitrogens with one attached hydrogen (secondary N) is 1. The van der Waals surface area contributed by atoms with E-state index in [2.05, 4.69) is 34.6 Å². The molecule has 0 radical (unpaired) electrons. The molecular weight excluding hydrogens is 234 g/mol. The SMILES string of the molecule is NCC1(Nc2ccnc3ccccc23)CCCCC1. The lowest BCUT2D eigenvalue weighted by atomic mass is 9.81. The van der Waals surface area contributed by atoms with Crippen LogP contribution in [0.2, 0.25) is 0 Å². The van der Waals surface area contributed by atoms with Gasteiger partial charge in [0.05, 0.1) is 5.52 Å². The molecule has 1 fully saturated rings. The molecule has 0 atom stereocenters. The third kappa shape index (κ3) is 2.43. The monoisotopic (exact) mass is 255 g/mol. The van der Waals surface area contributed by atoms with E-state index in [1.165, 1.54) is 37.5 Å². The third-order valence-corrected chi connectivity index (χ3v) is 4.25. The molecule has 0 saturated heterocycles. The Morgan fingerprint density at radius 2 is 1.89 bits per heavy atom. The first-order valence-corrected chi connectivity index (χ1v) is 7.15. The van der Waals surface area contributed by atoms with E-state index >= 15 is 0 Å². The number of rotatable bonds is 3. The van der Waals surface area contributed by atoms with Crippen LogP contribution in [0.25, 0.3) is 10.9 Å². The van der Waals surface area contributed by atoms with Crippen LogP contribution in [0.4, 0.5) is 5.69 Å². The zero-order chi connectivity index (χ0) is 13.1. The number of hydrogen-bond acceptors (Lipinski definition) is 3. The first-order chi connectivity index (χ1) is 9.33. The van der Waals surface area contributed by atoms with Crippen molar-refractivity contribution < 1.29 is 0 Å². The van der Waals surface area contributed by atoms with Gasteiger partial charge in [0.1, 0.15) is 0 Å². The Hall–Kier alpha value is -1.61. The van der Waals surface area contributed by atoms with Crippen molar-refractivity contribution in [2.45, 2.75) is 37.6 Å². The molecule has 3 nitrogen and oxygen atoms in total. The van der Waals surface area contributed by atoms with Crippen molar-refractivity contribution in [1.82, 2.24) is 4.98 Å². The van der Waals surface area contributed by atoms with E-state index in [0.29, 0.717) is 6.54 Å². The maximum absolute atomic E-state index is 6.05. The molecule has 1 saturated carbocycles. The molecule has 3 rings (SSSR count). The Labute approximate surface area is 114 Å². The lowest BCUT2D eigenvalue weighted by Gasteiger charge is -2.38. The van der Waals surface area contributed by atoms with Gasteiger partial charge in [-0.15, -0.1) is 0 Å². The van der Waals surface area contributed by atoms with Gasteiger partial charge in [0.15, 0.2) is 0 Å². The van der Waals surface area contributed by atoms with Gasteiger partial charge in [-0.3, -0.25) is 4.98 Å². The molecule has 0 spiro atoms. The average Bonchev–Trinajstić information content (AvgIpc) is 2.49. The summed E-state index contributed by atoms with van der Waals surface area (Å²) in [5.74, 6) is 0. The Balaban J connectivity index is 1.96. The first kappa shape index (κ1) is 12.4. The third-order valence-electron chi connectivity index (χ3n) is 4.25. The molecule has 3 heteroatoms. The Morgan fingerprint density at radius 3 is 2.68 bits per heavy atom. The maximum Gasteiger partial charge on any atom is 0.0722 e. The number of para-hydroxylation sites is 1. The van der Waals surface area contributed by atoms with Crippen molar-refractivity contribution in [3.8, 4) is 0 Å². The van der Waals surface area contributed by atoms with Crippen LogP contribution < -0.4 is 11.1 Å². The summed E-state index contributed by atoms with van der Waals surface area (Å²) in [6.45, 7) is 0.698. The van der Waals surface area contributed by atoms with Crippen molar-refractivity contribution in [1.29, 1.82) is 0 Å². The largest absolute Gasteiger partial charge is 0.378 e. The summed E-state index contributed by atoms with van der Waals surface area (Å²) in [4.78, 5) is 4.41. The summed E-state index contributed by atoms with van der Waals surface area (Å²) < 4.78 is 0. The van der Waals surface area contributed by atoms with Crippen molar-refractivity contribution in [3.63, 3.8) is 0 Å². The minimum Gasteiger partial charge on any atom is -0.378 e. The van der Waals surface area contributed by atoms with Gasteiger partial charge in [0.25, 0.3) is 0 Å². The molecule has 1 aromatic heterocycles. The second kappa shape index (κ2) is 5.17. The summed E-state index contributed by atoms with van der Waals surface area (Å²) in [6, 6.07) is 10.3. The molecule has 0 bridgehead atoms. The van der Waals surface area contributed by atoms with Gasteiger partial charge in [-0.1, -0.05) is 37.5 Å². The molecule has 100 valence electrons. The second-order valence-electron chi connectivity index (χ2n) is 5.55. The van der Waals surface area contributed by atoms with Crippen molar-refractivity contribution in [2.24, 2.45) is 5.73 Å². The van der Waals surface area contributed by atoms with Crippen LogP contribution in [0.3, 0.4) is 0 Å². The molecule has 1 aliphatic rings. The van der Waals surface area contributed by atoms with E-state index in [-0.39, 0.29) is 5.54 Å². The fourth-order valence-corrected chi connectivity index (χ4v) is 3.10. The molecule has 3 N–H and O–H groups in total. The van der Waals surface area contributed by atoms with Crippen LogP contribution in [0.5, 0.6) is 0 Å². The number of fused-ring (bicyclic) bond motifs is 1. The van der Waals surface area contributed by atoms with Gasteiger partial charge in [-0.25, -0.2) is 0 Å². The molecule has 1 heterocycles. The number of hydrogen-bond donors (Lipinski definition) is 2. The molecular formula is C16H21N3. The number of anilines is 1. The smallest absolute Gasteiger partial charge is 0.0722 e. The number of nitrogens with zero attached hydrogens (tertiary/aromatic N) is 1. The van der Waals surface area contributed by atoms with Crippen LogP contribution >= 0.6 is 0 Å². The molecule has 1 aliphatic carbocycles. The molecule has 0 amide bonds. The number of benzene rings is 1. The minimum atomic E-state index is 0.0718. The van der Waals surface area contributed by atoms with Gasteiger partial charge < -0.3 is 11.1 Å². The molecule has 1 aromatic carbocycles. The highest BCUT2D eigenvalue weighted by Gasteiger charge is 2.30. The molecule has 0 unspecified atom stereocenters. The fraction of sp³-hybridized carbons (Fsp3) is 0.438. The Kier molecular flexibility index (Phi) is 3.38. The Bertz CT molecular complexity index is 553. The fourth-order valence-electron chi connectivity index (χ4n) is 3.10. The normalized spacial score (nSPS) is 18.4. The highest BCUT2D eigenvalue weighted by molar-refractivity contribution is 5.91. The van der Waals surface area contributed by atoms with Crippen LogP contribution in [0, 0.1) is 0 Å². The van der Waals surface area contributed by atoms with Gasteiger partial charge in [0.2, 0.25) is 0 Å². The van der Waals surface area contributed by atoms with E-state index in [4.69, 9.17) is 5.73 Å². The maximum atomic E-state index is 6.05. The quantitative estimate of drug-likeness (QED) is 0.884. The molecule has 2 aromatic rings. The van der Waals surface area contributed by atoms with Crippen LogP contribution in [0.15, 0.2) is 36.5 Å². The minimum absolute atomic E-state index is 0.0718. The van der Waals surface area contributed by atoms with Gasteiger partial charge >= 0.3 is 0 Å². The summed E-state index contributed by atoms with van der Waals surface area (Å²) >= 11 is 0. The zero-order valence-corrected chi connectivity index (χ0v) is 11.2.